The number of fused-ring (bicyclic) bond motifs is 1. The van der Waals surface area contributed by atoms with E-state index in [9.17, 15) is 9.59 Å². The lowest BCUT2D eigenvalue weighted by molar-refractivity contribution is -0.138. The first kappa shape index (κ1) is 17.0. The van der Waals surface area contributed by atoms with Crippen LogP contribution in [0.15, 0.2) is 29.3 Å². The zero-order chi connectivity index (χ0) is 18.3. The van der Waals surface area contributed by atoms with Crippen molar-refractivity contribution >= 4 is 5.91 Å². The van der Waals surface area contributed by atoms with Gasteiger partial charge in [0, 0.05) is 37.2 Å². The molecule has 1 N–H and O–H groups in total. The molecule has 4 heterocycles. The molecule has 7 heteroatoms. The van der Waals surface area contributed by atoms with Gasteiger partial charge in [-0.05, 0) is 44.4 Å². The summed E-state index contributed by atoms with van der Waals surface area (Å²) in [6, 6.07) is 4.08. The molecule has 26 heavy (non-hydrogen) atoms. The van der Waals surface area contributed by atoms with Gasteiger partial charge in [-0.25, -0.2) is 0 Å². The van der Waals surface area contributed by atoms with Crippen LogP contribution in [0.25, 0.3) is 0 Å². The number of aromatic nitrogens is 3. The summed E-state index contributed by atoms with van der Waals surface area (Å²) < 4.78 is 7.85. The highest BCUT2D eigenvalue weighted by Gasteiger charge is 2.40. The lowest BCUT2D eigenvalue weighted by Crippen LogP contribution is -2.42. The van der Waals surface area contributed by atoms with Crippen molar-refractivity contribution in [3.05, 3.63) is 51.7 Å². The van der Waals surface area contributed by atoms with Crippen molar-refractivity contribution in [1.82, 2.24) is 19.7 Å². The molecule has 2 aliphatic heterocycles. The summed E-state index contributed by atoms with van der Waals surface area (Å²) in [4.78, 5) is 29.8. The van der Waals surface area contributed by atoms with Gasteiger partial charge in [0.15, 0.2) is 0 Å². The molecule has 2 aromatic heterocycles. The van der Waals surface area contributed by atoms with Gasteiger partial charge in [-0.2, -0.15) is 5.10 Å². The molecule has 7 nitrogen and oxygen atoms in total. The number of hydrogen-bond donors (Lipinski definition) is 1. The van der Waals surface area contributed by atoms with Crippen molar-refractivity contribution in [3.8, 4) is 0 Å². The third-order valence-corrected chi connectivity index (χ3v) is 5.36. The molecule has 0 unspecified atom stereocenters. The van der Waals surface area contributed by atoms with Crippen molar-refractivity contribution in [1.29, 1.82) is 0 Å². The van der Waals surface area contributed by atoms with Gasteiger partial charge in [0.25, 0.3) is 5.56 Å². The quantitative estimate of drug-likeness (QED) is 0.910. The maximum absolute atomic E-state index is 13.2. The zero-order valence-corrected chi connectivity index (χ0v) is 15.1. The number of amides is 1. The Labute approximate surface area is 152 Å². The van der Waals surface area contributed by atoms with Crippen LogP contribution in [0.2, 0.25) is 0 Å². The lowest BCUT2D eigenvalue weighted by atomic mass is 9.94. The van der Waals surface area contributed by atoms with E-state index in [1.807, 2.05) is 16.8 Å². The Bertz CT molecular complexity index is 870. The summed E-state index contributed by atoms with van der Waals surface area (Å²) >= 11 is 0. The molecular weight excluding hydrogens is 332 g/mol. The van der Waals surface area contributed by atoms with E-state index in [0.717, 1.165) is 11.3 Å². The molecule has 2 aromatic rings. The molecule has 0 aliphatic carbocycles. The first-order valence-electron chi connectivity index (χ1n) is 9.19. The van der Waals surface area contributed by atoms with Gasteiger partial charge in [0.1, 0.15) is 6.10 Å². The summed E-state index contributed by atoms with van der Waals surface area (Å²) in [5.41, 5.74) is 2.59. The number of rotatable bonds is 3. The number of nitrogens with one attached hydrogen (secondary N) is 1. The maximum atomic E-state index is 13.2. The minimum atomic E-state index is -0.275. The normalized spacial score (nSPS) is 22.7. The first-order chi connectivity index (χ1) is 12.6. The fourth-order valence-corrected chi connectivity index (χ4v) is 4.02. The van der Waals surface area contributed by atoms with Gasteiger partial charge >= 0.3 is 0 Å². The Hall–Kier alpha value is -2.41. The number of H-pyrrole nitrogens is 1. The van der Waals surface area contributed by atoms with Crippen LogP contribution in [-0.2, 0) is 22.5 Å². The number of nitrogens with zero attached hydrogens (tertiary/aromatic N) is 3. The molecule has 1 amide bonds. The molecule has 0 bridgehead atoms. The lowest BCUT2D eigenvalue weighted by Gasteiger charge is -2.31. The predicted octanol–water partition coefficient (Wildman–Crippen LogP) is 1.81. The van der Waals surface area contributed by atoms with Crippen molar-refractivity contribution in [2.24, 2.45) is 5.92 Å². The molecule has 1 fully saturated rings. The summed E-state index contributed by atoms with van der Waals surface area (Å²) in [7, 11) is 0. The highest BCUT2D eigenvalue weighted by molar-refractivity contribution is 5.80. The van der Waals surface area contributed by atoms with Crippen LogP contribution >= 0.6 is 0 Å². The van der Waals surface area contributed by atoms with Crippen molar-refractivity contribution in [2.45, 2.75) is 45.4 Å². The number of ether oxygens (including phenoxy) is 1. The standard InChI is InChI=1S/C19H24N4O3/c1-12(2)23-16(4-8-21-23)17-14(6-10-26-17)19(25)22-9-5-13-3-7-20-18(24)15(13)11-22/h3-4,7-8,12,14,17H,5-6,9-11H2,1-2H3,(H,20,24)/t14-,17-/m0/s1. The van der Waals surface area contributed by atoms with E-state index in [0.29, 0.717) is 38.1 Å². The Morgan fingerprint density at radius 3 is 3.04 bits per heavy atom. The van der Waals surface area contributed by atoms with Gasteiger partial charge in [-0.1, -0.05) is 0 Å². The molecule has 0 aromatic carbocycles. The number of carbonyl (C=O) groups excluding carboxylic acids is 1. The van der Waals surface area contributed by atoms with Gasteiger partial charge in [-0.15, -0.1) is 0 Å². The molecule has 4 rings (SSSR count). The van der Waals surface area contributed by atoms with Crippen LogP contribution in [0.5, 0.6) is 0 Å². The van der Waals surface area contributed by atoms with Crippen LogP contribution in [0.4, 0.5) is 0 Å². The highest BCUT2D eigenvalue weighted by Crippen LogP contribution is 2.37. The van der Waals surface area contributed by atoms with Gasteiger partial charge < -0.3 is 14.6 Å². The van der Waals surface area contributed by atoms with Gasteiger partial charge in [-0.3, -0.25) is 14.3 Å². The third kappa shape index (κ3) is 2.86. The van der Waals surface area contributed by atoms with Crippen molar-refractivity contribution in [2.75, 3.05) is 13.2 Å². The SMILES string of the molecule is CC(C)n1nccc1[C@H]1OCC[C@@H]1C(=O)N1CCc2cc[nH]c(=O)c2C1. The van der Waals surface area contributed by atoms with E-state index in [1.54, 1.807) is 17.3 Å². The van der Waals surface area contributed by atoms with E-state index in [1.165, 1.54) is 0 Å². The Morgan fingerprint density at radius 2 is 2.23 bits per heavy atom. The second-order valence-corrected chi connectivity index (χ2v) is 7.30. The van der Waals surface area contributed by atoms with Crippen LogP contribution < -0.4 is 5.56 Å². The molecule has 0 spiro atoms. The molecule has 138 valence electrons. The smallest absolute Gasteiger partial charge is 0.253 e. The van der Waals surface area contributed by atoms with Crippen molar-refractivity contribution < 1.29 is 9.53 Å². The van der Waals surface area contributed by atoms with E-state index >= 15 is 0 Å². The summed E-state index contributed by atoms with van der Waals surface area (Å²) in [5, 5.41) is 4.37. The predicted molar refractivity (Wildman–Crippen MR) is 95.6 cm³/mol. The summed E-state index contributed by atoms with van der Waals surface area (Å²) in [6.07, 6.45) is 4.57. The molecule has 2 aliphatic rings. The second-order valence-electron chi connectivity index (χ2n) is 7.30. The Kier molecular flexibility index (Phi) is 4.40. The zero-order valence-electron chi connectivity index (χ0n) is 15.1. The molecule has 2 atom stereocenters. The van der Waals surface area contributed by atoms with Crippen LogP contribution in [0, 0.1) is 5.92 Å². The second kappa shape index (κ2) is 6.72. The number of hydrogen-bond acceptors (Lipinski definition) is 4. The Balaban J connectivity index is 1.57. The average Bonchev–Trinajstić information content (AvgIpc) is 3.30. The monoisotopic (exact) mass is 356 g/mol. The fourth-order valence-electron chi connectivity index (χ4n) is 4.02. The number of pyridine rings is 1. The van der Waals surface area contributed by atoms with Crippen LogP contribution in [0.1, 0.15) is 49.2 Å². The number of aromatic amines is 1. The van der Waals surface area contributed by atoms with E-state index in [4.69, 9.17) is 4.74 Å². The topological polar surface area (TPSA) is 80.2 Å². The van der Waals surface area contributed by atoms with E-state index < -0.39 is 0 Å². The van der Waals surface area contributed by atoms with Gasteiger partial charge in [0.2, 0.25) is 5.91 Å². The van der Waals surface area contributed by atoms with Crippen LogP contribution in [0.3, 0.4) is 0 Å². The molecular formula is C19H24N4O3. The van der Waals surface area contributed by atoms with Crippen molar-refractivity contribution in [3.63, 3.8) is 0 Å². The van der Waals surface area contributed by atoms with E-state index in [-0.39, 0.29) is 29.5 Å². The summed E-state index contributed by atoms with van der Waals surface area (Å²) in [5.74, 6) is -0.161. The maximum Gasteiger partial charge on any atom is 0.253 e. The third-order valence-electron chi connectivity index (χ3n) is 5.36. The van der Waals surface area contributed by atoms with E-state index in [2.05, 4.69) is 23.9 Å². The minimum absolute atomic E-state index is 0.0675. The first-order valence-corrected chi connectivity index (χ1v) is 9.19. The number of carbonyl (C=O) groups is 1. The van der Waals surface area contributed by atoms with Crippen LogP contribution in [-0.4, -0.2) is 38.7 Å². The van der Waals surface area contributed by atoms with Gasteiger partial charge in [0.05, 0.1) is 18.2 Å². The molecule has 0 radical (unpaired) electrons. The fraction of sp³-hybridized carbons (Fsp3) is 0.526. The largest absolute Gasteiger partial charge is 0.371 e. The average molecular weight is 356 g/mol. The summed E-state index contributed by atoms with van der Waals surface area (Å²) in [6.45, 7) is 5.71. The highest BCUT2D eigenvalue weighted by atomic mass is 16.5. The molecule has 0 saturated carbocycles. The Morgan fingerprint density at radius 1 is 1.38 bits per heavy atom. The molecule has 1 saturated heterocycles. The minimum Gasteiger partial charge on any atom is -0.371 e.